The Hall–Kier alpha value is -1.52. The molecule has 1 N–H and O–H groups in total. The molecule has 0 spiro atoms. The van der Waals surface area contributed by atoms with Gasteiger partial charge in [0.2, 0.25) is 5.60 Å². The van der Waals surface area contributed by atoms with E-state index in [0.29, 0.717) is 5.56 Å². The van der Waals surface area contributed by atoms with Gasteiger partial charge < -0.3 is 5.11 Å². The minimum atomic E-state index is -4.88. The molecule has 0 radical (unpaired) electrons. The maximum absolute atomic E-state index is 13.5. The molecule has 0 aliphatic carbocycles. The van der Waals surface area contributed by atoms with Gasteiger partial charge in [-0.25, -0.2) is 0 Å². The van der Waals surface area contributed by atoms with Crippen molar-refractivity contribution in [3.63, 3.8) is 0 Å². The van der Waals surface area contributed by atoms with Gasteiger partial charge in [-0.05, 0) is 18.6 Å². The summed E-state index contributed by atoms with van der Waals surface area (Å²) in [6.07, 6.45) is -4.88. The second kappa shape index (κ2) is 5.11. The monoisotopic (exact) mass is 300 g/mol. The van der Waals surface area contributed by atoms with Gasteiger partial charge in [-0.15, -0.1) is 0 Å². The molecule has 0 saturated heterocycles. The average Bonchev–Trinajstić information content (AvgIpc) is 2.37. The number of benzene rings is 2. The number of rotatable bonds is 2. The van der Waals surface area contributed by atoms with E-state index in [0.717, 1.165) is 0 Å². The highest BCUT2D eigenvalue weighted by Gasteiger charge is 2.57. The summed E-state index contributed by atoms with van der Waals surface area (Å²) >= 11 is 5.84. The van der Waals surface area contributed by atoms with Gasteiger partial charge in [-0.3, -0.25) is 0 Å². The minimum Gasteiger partial charge on any atom is -0.372 e. The van der Waals surface area contributed by atoms with Crippen molar-refractivity contribution in [1.82, 2.24) is 0 Å². The summed E-state index contributed by atoms with van der Waals surface area (Å²) in [5.41, 5.74) is -3.13. The highest BCUT2D eigenvalue weighted by molar-refractivity contribution is 6.31. The molecule has 5 heteroatoms. The molecule has 0 amide bonds. The van der Waals surface area contributed by atoms with Crippen molar-refractivity contribution in [2.75, 3.05) is 0 Å². The number of aliphatic hydroxyl groups is 1. The Morgan fingerprint density at radius 3 is 2.20 bits per heavy atom. The summed E-state index contributed by atoms with van der Waals surface area (Å²) in [5.74, 6) is 0. The van der Waals surface area contributed by atoms with Crippen LogP contribution in [0.1, 0.15) is 16.7 Å². The number of hydrogen-bond acceptors (Lipinski definition) is 1. The van der Waals surface area contributed by atoms with Crippen LogP contribution in [0.25, 0.3) is 0 Å². The first-order valence-electron chi connectivity index (χ1n) is 5.88. The Morgan fingerprint density at radius 1 is 1.00 bits per heavy atom. The SMILES string of the molecule is Cc1cccc(C(O)(c2ccccc2Cl)C(F)(F)F)c1. The lowest BCUT2D eigenvalue weighted by Crippen LogP contribution is -2.43. The van der Waals surface area contributed by atoms with Gasteiger partial charge in [0.1, 0.15) is 0 Å². The Bertz CT molecular complexity index is 625. The third-order valence-corrected chi connectivity index (χ3v) is 3.44. The second-order valence-electron chi connectivity index (χ2n) is 4.56. The summed E-state index contributed by atoms with van der Waals surface area (Å²) in [4.78, 5) is 0. The molecule has 1 unspecified atom stereocenters. The van der Waals surface area contributed by atoms with Gasteiger partial charge in [0, 0.05) is 10.6 Å². The van der Waals surface area contributed by atoms with Crippen molar-refractivity contribution >= 4 is 11.6 Å². The average molecular weight is 301 g/mol. The van der Waals surface area contributed by atoms with Gasteiger partial charge in [0.25, 0.3) is 0 Å². The maximum Gasteiger partial charge on any atom is 0.425 e. The standard InChI is InChI=1S/C15H12ClF3O/c1-10-5-4-6-11(9-10)14(20,15(17,18)19)12-7-2-3-8-13(12)16/h2-9,20H,1H3. The minimum absolute atomic E-state index is 0.131. The van der Waals surface area contributed by atoms with Gasteiger partial charge in [-0.1, -0.05) is 59.6 Å². The van der Waals surface area contributed by atoms with Crippen molar-refractivity contribution < 1.29 is 18.3 Å². The molecule has 2 rings (SSSR count). The maximum atomic E-state index is 13.5. The van der Waals surface area contributed by atoms with Crippen molar-refractivity contribution in [3.8, 4) is 0 Å². The van der Waals surface area contributed by atoms with E-state index in [4.69, 9.17) is 11.6 Å². The lowest BCUT2D eigenvalue weighted by molar-refractivity contribution is -0.248. The number of aryl methyl sites for hydroxylation is 1. The van der Waals surface area contributed by atoms with Crippen LogP contribution in [0, 0.1) is 6.92 Å². The van der Waals surface area contributed by atoms with Crippen LogP contribution in [0.2, 0.25) is 5.02 Å². The van der Waals surface area contributed by atoms with Crippen LogP contribution in [0.3, 0.4) is 0 Å². The van der Waals surface area contributed by atoms with E-state index in [1.165, 1.54) is 42.5 Å². The molecule has 1 nitrogen and oxygen atoms in total. The van der Waals surface area contributed by atoms with E-state index in [9.17, 15) is 18.3 Å². The molecular formula is C15H12ClF3O. The molecule has 106 valence electrons. The van der Waals surface area contributed by atoms with E-state index < -0.39 is 11.8 Å². The van der Waals surface area contributed by atoms with Crippen LogP contribution in [0.15, 0.2) is 48.5 Å². The van der Waals surface area contributed by atoms with Crippen LogP contribution in [-0.4, -0.2) is 11.3 Å². The topological polar surface area (TPSA) is 20.2 Å². The Morgan fingerprint density at radius 2 is 1.65 bits per heavy atom. The molecule has 0 aliphatic rings. The highest BCUT2D eigenvalue weighted by Crippen LogP contribution is 2.46. The zero-order valence-electron chi connectivity index (χ0n) is 10.6. The predicted molar refractivity (Wildman–Crippen MR) is 71.7 cm³/mol. The Kier molecular flexibility index (Phi) is 3.80. The van der Waals surface area contributed by atoms with Crippen LogP contribution in [0.4, 0.5) is 13.2 Å². The Balaban J connectivity index is 2.74. The quantitative estimate of drug-likeness (QED) is 0.869. The predicted octanol–water partition coefficient (Wildman–Crippen LogP) is 4.45. The third-order valence-electron chi connectivity index (χ3n) is 3.11. The van der Waals surface area contributed by atoms with E-state index in [1.54, 1.807) is 13.0 Å². The molecule has 2 aromatic carbocycles. The van der Waals surface area contributed by atoms with Crippen molar-refractivity contribution in [3.05, 3.63) is 70.2 Å². The third kappa shape index (κ3) is 2.41. The van der Waals surface area contributed by atoms with E-state index in [2.05, 4.69) is 0 Å². The summed E-state index contributed by atoms with van der Waals surface area (Å²) in [7, 11) is 0. The van der Waals surface area contributed by atoms with Crippen LogP contribution in [0.5, 0.6) is 0 Å². The van der Waals surface area contributed by atoms with E-state index >= 15 is 0 Å². The zero-order valence-corrected chi connectivity index (χ0v) is 11.3. The van der Waals surface area contributed by atoms with Crippen molar-refractivity contribution in [1.29, 1.82) is 0 Å². The number of halogens is 4. The van der Waals surface area contributed by atoms with Gasteiger partial charge in [0.15, 0.2) is 0 Å². The molecule has 20 heavy (non-hydrogen) atoms. The van der Waals surface area contributed by atoms with Gasteiger partial charge >= 0.3 is 6.18 Å². The van der Waals surface area contributed by atoms with Crippen LogP contribution >= 0.6 is 11.6 Å². The van der Waals surface area contributed by atoms with Crippen molar-refractivity contribution in [2.24, 2.45) is 0 Å². The lowest BCUT2D eigenvalue weighted by atomic mass is 9.85. The van der Waals surface area contributed by atoms with Crippen LogP contribution < -0.4 is 0 Å². The van der Waals surface area contributed by atoms with E-state index in [-0.39, 0.29) is 16.1 Å². The fraction of sp³-hybridized carbons (Fsp3) is 0.200. The summed E-state index contributed by atoms with van der Waals surface area (Å²) in [6, 6.07) is 11.1. The second-order valence-corrected chi connectivity index (χ2v) is 4.96. The number of alkyl halides is 3. The highest BCUT2D eigenvalue weighted by atomic mass is 35.5. The summed E-state index contributed by atoms with van der Waals surface area (Å²) < 4.78 is 40.4. The fourth-order valence-corrected chi connectivity index (χ4v) is 2.37. The molecule has 0 aliphatic heterocycles. The molecule has 0 fully saturated rings. The van der Waals surface area contributed by atoms with Gasteiger partial charge in [-0.2, -0.15) is 13.2 Å². The first-order chi connectivity index (χ1) is 9.26. The molecule has 0 heterocycles. The van der Waals surface area contributed by atoms with Crippen LogP contribution in [-0.2, 0) is 5.60 Å². The molecule has 1 atom stereocenters. The normalized spacial score (nSPS) is 14.9. The first-order valence-corrected chi connectivity index (χ1v) is 6.26. The Labute approximate surface area is 119 Å². The molecule has 0 aromatic heterocycles. The van der Waals surface area contributed by atoms with Crippen molar-refractivity contribution in [2.45, 2.75) is 18.7 Å². The lowest BCUT2D eigenvalue weighted by Gasteiger charge is -2.32. The fourth-order valence-electron chi connectivity index (χ4n) is 2.10. The van der Waals surface area contributed by atoms with Gasteiger partial charge in [0.05, 0.1) is 0 Å². The molecular weight excluding hydrogens is 289 g/mol. The smallest absolute Gasteiger partial charge is 0.372 e. The zero-order chi connectivity index (χ0) is 15.0. The summed E-state index contributed by atoms with van der Waals surface area (Å²) in [6.45, 7) is 1.66. The molecule has 0 bridgehead atoms. The number of hydrogen-bond donors (Lipinski definition) is 1. The van der Waals surface area contributed by atoms with E-state index in [1.807, 2.05) is 0 Å². The first kappa shape index (κ1) is 14.9. The largest absolute Gasteiger partial charge is 0.425 e. The molecule has 2 aromatic rings. The molecule has 0 saturated carbocycles. The summed E-state index contributed by atoms with van der Waals surface area (Å²) in [5, 5.41) is 10.3.